The van der Waals surface area contributed by atoms with E-state index < -0.39 is 6.04 Å². The molecular weight excluding hydrogens is 302 g/mol. The highest BCUT2D eigenvalue weighted by molar-refractivity contribution is 6.31. The van der Waals surface area contributed by atoms with Gasteiger partial charge in [-0.15, -0.1) is 0 Å². The maximum Gasteiger partial charge on any atom is 0.246 e. The van der Waals surface area contributed by atoms with Crippen LogP contribution in [0.1, 0.15) is 11.6 Å². The zero-order valence-electron chi connectivity index (χ0n) is 12.7. The number of pyridine rings is 1. The second-order valence-corrected chi connectivity index (χ2v) is 5.42. The molecule has 22 heavy (non-hydrogen) atoms. The van der Waals surface area contributed by atoms with E-state index in [1.165, 1.54) is 0 Å². The predicted molar refractivity (Wildman–Crippen MR) is 87.3 cm³/mol. The van der Waals surface area contributed by atoms with Crippen molar-refractivity contribution in [3.8, 4) is 5.75 Å². The molecule has 1 amide bonds. The topological polar surface area (TPSA) is 54.5 Å². The molecule has 0 radical (unpaired) electrons. The normalized spacial score (nSPS) is 12.0. The molecule has 0 aliphatic heterocycles. The van der Waals surface area contributed by atoms with Crippen LogP contribution in [0, 0.1) is 0 Å². The monoisotopic (exact) mass is 319 g/mol. The highest BCUT2D eigenvalue weighted by Gasteiger charge is 2.24. The van der Waals surface area contributed by atoms with Gasteiger partial charge in [-0.2, -0.15) is 0 Å². The summed E-state index contributed by atoms with van der Waals surface area (Å²) in [7, 11) is 5.22. The van der Waals surface area contributed by atoms with Crippen LogP contribution < -0.4 is 10.1 Å². The third-order valence-electron chi connectivity index (χ3n) is 3.18. The molecular formula is C16H18ClN3O2. The molecule has 0 saturated heterocycles. The number of hydrogen-bond donors (Lipinski definition) is 1. The van der Waals surface area contributed by atoms with Gasteiger partial charge in [-0.3, -0.25) is 14.7 Å². The summed E-state index contributed by atoms with van der Waals surface area (Å²) in [6.45, 7) is 0. The van der Waals surface area contributed by atoms with Crippen LogP contribution in [0.4, 0.5) is 5.69 Å². The minimum atomic E-state index is -0.461. The Hall–Kier alpha value is -2.11. The maximum absolute atomic E-state index is 12.7. The molecule has 2 rings (SSSR count). The molecule has 116 valence electrons. The smallest absolute Gasteiger partial charge is 0.246 e. The molecule has 1 atom stereocenters. The van der Waals surface area contributed by atoms with Crippen molar-refractivity contribution in [3.63, 3.8) is 0 Å². The van der Waals surface area contributed by atoms with Gasteiger partial charge in [0.2, 0.25) is 5.91 Å². The molecule has 1 heterocycles. The summed E-state index contributed by atoms with van der Waals surface area (Å²) in [6.07, 6.45) is 3.35. The lowest BCUT2D eigenvalue weighted by Crippen LogP contribution is -2.32. The summed E-state index contributed by atoms with van der Waals surface area (Å²) in [5.74, 6) is 0.375. The Bertz CT molecular complexity index is 647. The van der Waals surface area contributed by atoms with Crippen molar-refractivity contribution in [1.29, 1.82) is 0 Å². The van der Waals surface area contributed by atoms with E-state index in [1.54, 1.807) is 43.8 Å². The summed E-state index contributed by atoms with van der Waals surface area (Å²) in [5, 5.41) is 3.39. The predicted octanol–water partition coefficient (Wildman–Crippen LogP) is 2.99. The van der Waals surface area contributed by atoms with Crippen molar-refractivity contribution in [2.45, 2.75) is 6.04 Å². The number of aromatic nitrogens is 1. The van der Waals surface area contributed by atoms with Gasteiger partial charge in [0.25, 0.3) is 0 Å². The number of nitrogens with zero attached hydrogens (tertiary/aromatic N) is 2. The van der Waals surface area contributed by atoms with Crippen molar-refractivity contribution in [2.75, 3.05) is 26.5 Å². The van der Waals surface area contributed by atoms with Crippen molar-refractivity contribution in [1.82, 2.24) is 9.88 Å². The number of anilines is 1. The summed E-state index contributed by atoms with van der Waals surface area (Å²) in [5.41, 5.74) is 1.35. The van der Waals surface area contributed by atoms with Gasteiger partial charge in [-0.05, 0) is 43.9 Å². The van der Waals surface area contributed by atoms with Crippen LogP contribution in [0.2, 0.25) is 5.02 Å². The van der Waals surface area contributed by atoms with Gasteiger partial charge in [0.15, 0.2) is 0 Å². The molecule has 0 bridgehead atoms. The van der Waals surface area contributed by atoms with Crippen LogP contribution in [-0.2, 0) is 4.79 Å². The molecule has 1 N–H and O–H groups in total. The van der Waals surface area contributed by atoms with E-state index in [9.17, 15) is 4.79 Å². The fourth-order valence-electron chi connectivity index (χ4n) is 2.20. The van der Waals surface area contributed by atoms with Gasteiger partial charge in [-0.1, -0.05) is 17.7 Å². The van der Waals surface area contributed by atoms with E-state index in [-0.39, 0.29) is 5.91 Å². The molecule has 0 aliphatic rings. The number of likely N-dealkylation sites (N-methyl/N-ethyl adjacent to an activating group) is 1. The van der Waals surface area contributed by atoms with Gasteiger partial charge < -0.3 is 10.1 Å². The average Bonchev–Trinajstić information content (AvgIpc) is 2.48. The number of carbonyl (C=O) groups excluding carboxylic acids is 1. The van der Waals surface area contributed by atoms with Crippen molar-refractivity contribution < 1.29 is 9.53 Å². The van der Waals surface area contributed by atoms with Crippen LogP contribution in [0.15, 0.2) is 42.7 Å². The standard InChI is InChI=1S/C16H18ClN3O2/c1-20(2)15(11-5-4-8-18-10-11)16(21)19-13-9-12(17)6-7-14(13)22-3/h4-10,15H,1-3H3,(H,19,21). The third kappa shape index (κ3) is 3.75. The number of carbonyl (C=O) groups is 1. The lowest BCUT2D eigenvalue weighted by molar-refractivity contribution is -0.120. The molecule has 0 aliphatic carbocycles. The lowest BCUT2D eigenvalue weighted by atomic mass is 10.1. The van der Waals surface area contributed by atoms with Crippen molar-refractivity contribution >= 4 is 23.2 Å². The first-order valence-electron chi connectivity index (χ1n) is 6.73. The molecule has 0 fully saturated rings. The number of hydrogen-bond acceptors (Lipinski definition) is 4. The Labute approximate surface area is 134 Å². The zero-order valence-corrected chi connectivity index (χ0v) is 13.5. The van der Waals surface area contributed by atoms with E-state index in [1.807, 2.05) is 25.1 Å². The average molecular weight is 320 g/mol. The highest BCUT2D eigenvalue weighted by atomic mass is 35.5. The number of halogens is 1. The van der Waals surface area contributed by atoms with Gasteiger partial charge in [0.1, 0.15) is 11.8 Å². The van der Waals surface area contributed by atoms with Crippen molar-refractivity contribution in [2.24, 2.45) is 0 Å². The molecule has 0 saturated carbocycles. The lowest BCUT2D eigenvalue weighted by Gasteiger charge is -2.24. The fraction of sp³-hybridized carbons (Fsp3) is 0.250. The molecule has 5 nitrogen and oxygen atoms in total. The van der Waals surface area contributed by atoms with Crippen LogP contribution in [0.5, 0.6) is 5.75 Å². The summed E-state index contributed by atoms with van der Waals surface area (Å²) >= 11 is 5.99. The SMILES string of the molecule is COc1ccc(Cl)cc1NC(=O)C(c1cccnc1)N(C)C. The summed E-state index contributed by atoms with van der Waals surface area (Å²) in [6, 6.07) is 8.30. The second-order valence-electron chi connectivity index (χ2n) is 4.99. The molecule has 1 aromatic carbocycles. The minimum absolute atomic E-state index is 0.182. The van der Waals surface area contributed by atoms with Gasteiger partial charge >= 0.3 is 0 Å². The number of benzene rings is 1. The maximum atomic E-state index is 12.7. The minimum Gasteiger partial charge on any atom is -0.495 e. The van der Waals surface area contributed by atoms with Crippen LogP contribution >= 0.6 is 11.6 Å². The summed E-state index contributed by atoms with van der Waals surface area (Å²) in [4.78, 5) is 18.6. The summed E-state index contributed by atoms with van der Waals surface area (Å²) < 4.78 is 5.25. The molecule has 1 aromatic heterocycles. The van der Waals surface area contributed by atoms with Gasteiger partial charge in [0, 0.05) is 17.4 Å². The number of nitrogens with one attached hydrogen (secondary N) is 1. The van der Waals surface area contributed by atoms with Crippen LogP contribution in [-0.4, -0.2) is 37.0 Å². The number of amides is 1. The number of methoxy groups -OCH3 is 1. The zero-order chi connectivity index (χ0) is 16.1. The van der Waals surface area contributed by atoms with E-state index >= 15 is 0 Å². The Kier molecular flexibility index (Phi) is 5.35. The first-order valence-corrected chi connectivity index (χ1v) is 7.11. The molecule has 2 aromatic rings. The Morgan fingerprint density at radius 3 is 2.73 bits per heavy atom. The van der Waals surface area contributed by atoms with Crippen LogP contribution in [0.25, 0.3) is 0 Å². The quantitative estimate of drug-likeness (QED) is 0.920. The Morgan fingerprint density at radius 1 is 1.36 bits per heavy atom. The largest absolute Gasteiger partial charge is 0.495 e. The van der Waals surface area contributed by atoms with E-state index in [2.05, 4.69) is 10.3 Å². The van der Waals surface area contributed by atoms with E-state index in [4.69, 9.17) is 16.3 Å². The second kappa shape index (κ2) is 7.24. The van der Waals surface area contributed by atoms with Crippen LogP contribution in [0.3, 0.4) is 0 Å². The highest BCUT2D eigenvalue weighted by Crippen LogP contribution is 2.29. The number of rotatable bonds is 5. The molecule has 1 unspecified atom stereocenters. The molecule has 6 heteroatoms. The Balaban J connectivity index is 2.28. The van der Waals surface area contributed by atoms with Crippen molar-refractivity contribution in [3.05, 3.63) is 53.3 Å². The van der Waals surface area contributed by atoms with Gasteiger partial charge in [-0.25, -0.2) is 0 Å². The first-order chi connectivity index (χ1) is 10.5. The van der Waals surface area contributed by atoms with E-state index in [0.717, 1.165) is 5.56 Å². The van der Waals surface area contributed by atoms with E-state index in [0.29, 0.717) is 16.5 Å². The van der Waals surface area contributed by atoms with Gasteiger partial charge in [0.05, 0.1) is 12.8 Å². The Morgan fingerprint density at radius 2 is 2.14 bits per heavy atom. The number of ether oxygens (including phenoxy) is 1. The first kappa shape index (κ1) is 16.3. The molecule has 0 spiro atoms. The fourth-order valence-corrected chi connectivity index (χ4v) is 2.37. The third-order valence-corrected chi connectivity index (χ3v) is 3.42.